The van der Waals surface area contributed by atoms with Gasteiger partial charge in [-0.3, -0.25) is 9.59 Å². The molecule has 2 aliphatic rings. The Hall–Kier alpha value is -7.10. The number of rotatable bonds is 2. The summed E-state index contributed by atoms with van der Waals surface area (Å²) < 4.78 is 26.1. The van der Waals surface area contributed by atoms with Crippen LogP contribution in [0.1, 0.15) is 61.3 Å². The number of ether oxygens (including phenoxy) is 4. The molecule has 0 radical (unpaired) electrons. The van der Waals surface area contributed by atoms with Crippen molar-refractivity contribution < 1.29 is 28.5 Å². The summed E-state index contributed by atoms with van der Waals surface area (Å²) in [5.74, 6) is 3.70. The molecule has 2 amide bonds. The molecule has 16 heteroatoms. The fourth-order valence-corrected chi connectivity index (χ4v) is 6.02. The van der Waals surface area contributed by atoms with E-state index in [1.54, 1.807) is 75.4 Å². The molecule has 0 saturated heterocycles. The van der Waals surface area contributed by atoms with Gasteiger partial charge in [0.25, 0.3) is 11.8 Å². The van der Waals surface area contributed by atoms with Crippen LogP contribution in [0.4, 0.5) is 11.6 Å². The van der Waals surface area contributed by atoms with E-state index >= 15 is 0 Å². The number of methoxy groups -OCH3 is 2. The zero-order valence-corrected chi connectivity index (χ0v) is 30.9. The molecule has 16 nitrogen and oxygen atoms in total. The van der Waals surface area contributed by atoms with Crippen LogP contribution in [0.3, 0.4) is 0 Å². The number of fused-ring (bicyclic) bond motifs is 10. The van der Waals surface area contributed by atoms with Gasteiger partial charge in [-0.1, -0.05) is 39.1 Å². The van der Waals surface area contributed by atoms with Crippen molar-refractivity contribution in [2.75, 3.05) is 38.1 Å². The van der Waals surface area contributed by atoms with Gasteiger partial charge in [0.2, 0.25) is 0 Å². The van der Waals surface area contributed by atoms with E-state index in [4.69, 9.17) is 18.9 Å². The van der Waals surface area contributed by atoms with Gasteiger partial charge in [-0.2, -0.15) is 0 Å². The van der Waals surface area contributed by atoms with Crippen LogP contribution in [0.2, 0.25) is 0 Å². The van der Waals surface area contributed by atoms with Gasteiger partial charge in [0.1, 0.15) is 65.3 Å². The Morgan fingerprint density at radius 3 is 1.76 bits per heavy atom. The lowest BCUT2D eigenvalue weighted by Gasteiger charge is -2.13. The number of allylic oxidation sites excluding steroid dienone is 1. The number of nitrogens with one attached hydrogen (secondary N) is 2. The molecule has 8 rings (SSSR count). The van der Waals surface area contributed by atoms with E-state index < -0.39 is 0 Å². The summed E-state index contributed by atoms with van der Waals surface area (Å²) in [5.41, 5.74) is 2.08. The maximum atomic E-state index is 12.9. The Morgan fingerprint density at radius 2 is 1.19 bits per heavy atom. The first kappa shape index (κ1) is 42.1. The van der Waals surface area contributed by atoms with Crippen LogP contribution in [-0.2, 0) is 13.1 Å². The van der Waals surface area contributed by atoms with E-state index in [9.17, 15) is 9.59 Å². The van der Waals surface area contributed by atoms with Crippen LogP contribution >= 0.6 is 0 Å². The molecule has 0 unspecified atom stereocenters. The predicted octanol–water partition coefficient (Wildman–Crippen LogP) is 7.38. The number of aryl methyl sites for hydroxylation is 2. The minimum Gasteiger partial charge on any atom is -0.497 e. The van der Waals surface area contributed by atoms with Crippen molar-refractivity contribution in [2.45, 2.75) is 53.6 Å². The van der Waals surface area contributed by atoms with E-state index in [2.05, 4.69) is 41.0 Å². The van der Waals surface area contributed by atoms with Crippen LogP contribution in [0.5, 0.6) is 23.0 Å². The van der Waals surface area contributed by atoms with E-state index in [0.717, 1.165) is 32.2 Å². The predicted molar refractivity (Wildman–Crippen MR) is 220 cm³/mol. The fraction of sp³-hybridized carbons (Fsp3) is 0.286. The molecule has 302 valence electrons. The molecule has 0 fully saturated rings. The molecule has 0 spiro atoms. The van der Waals surface area contributed by atoms with Crippen LogP contribution in [0.15, 0.2) is 97.6 Å². The summed E-state index contributed by atoms with van der Waals surface area (Å²) in [6.45, 7) is 2.40. The van der Waals surface area contributed by atoms with Gasteiger partial charge in [0.15, 0.2) is 11.6 Å². The number of hydrogen-bond acceptors (Lipinski definition) is 12. The Kier molecular flexibility index (Phi) is 14.6. The molecule has 0 atom stereocenters. The fourth-order valence-electron chi connectivity index (χ4n) is 6.02. The summed E-state index contributed by atoms with van der Waals surface area (Å²) in [7, 11) is 3.12. The van der Waals surface area contributed by atoms with Gasteiger partial charge in [-0.15, -0.1) is 20.4 Å². The first-order valence-electron chi connectivity index (χ1n) is 18.1. The van der Waals surface area contributed by atoms with Gasteiger partial charge in [-0.25, -0.2) is 9.97 Å². The maximum Gasteiger partial charge on any atom is 0.260 e. The maximum absolute atomic E-state index is 12.9. The number of benzene rings is 2. The van der Waals surface area contributed by atoms with Gasteiger partial charge >= 0.3 is 0 Å². The molecular formula is C42H48N10O6. The Labute approximate surface area is 337 Å². The van der Waals surface area contributed by atoms with Crippen molar-refractivity contribution in [3.8, 4) is 46.0 Å². The average molecular weight is 789 g/mol. The summed E-state index contributed by atoms with van der Waals surface area (Å²) in [4.78, 5) is 34.8. The highest BCUT2D eigenvalue weighted by atomic mass is 16.5. The lowest BCUT2D eigenvalue weighted by atomic mass is 10.1. The molecule has 4 bridgehead atoms. The normalized spacial score (nSPS) is 14.3. The molecule has 58 heavy (non-hydrogen) atoms. The molecule has 6 aromatic rings. The quantitative estimate of drug-likeness (QED) is 0.166. The first-order chi connectivity index (χ1) is 27.5. The van der Waals surface area contributed by atoms with Crippen LogP contribution < -0.4 is 29.6 Å². The number of aromatic nitrogens is 8. The van der Waals surface area contributed by atoms with Gasteiger partial charge in [0.05, 0.1) is 32.0 Å². The smallest absolute Gasteiger partial charge is 0.260 e. The lowest BCUT2D eigenvalue weighted by Crippen LogP contribution is -2.15. The standard InChI is InChI=1S/C20H21N5O3.C20H19N5O3.2CH4/c2*1-27-14-8-9-17-15(12-14)20(26)23-18-7-5-6-16(22-18)19-24-21-13-25(19)10-3-2-4-11-28-17;;/h5-9,12-13H,2-4,10-11H2,1H3,(H,22,23,26);2,4-9,12-13H,3,10-11H2,1H3,(H,22,23,26);2*1H4/b;4-2+;;. The van der Waals surface area contributed by atoms with Gasteiger partial charge in [-0.05, 0) is 86.3 Å². The van der Waals surface area contributed by atoms with Crippen LogP contribution in [-0.4, -0.2) is 78.7 Å². The average Bonchev–Trinajstić information content (AvgIpc) is 3.90. The minimum atomic E-state index is -0.334. The number of amides is 2. The molecule has 4 aromatic heterocycles. The third-order valence-corrected chi connectivity index (χ3v) is 8.87. The van der Waals surface area contributed by atoms with Gasteiger partial charge < -0.3 is 38.7 Å². The van der Waals surface area contributed by atoms with Crippen molar-refractivity contribution in [2.24, 2.45) is 0 Å². The van der Waals surface area contributed by atoms with Crippen LogP contribution in [0.25, 0.3) is 23.0 Å². The summed E-state index contributed by atoms with van der Waals surface area (Å²) in [5, 5.41) is 22.0. The lowest BCUT2D eigenvalue weighted by molar-refractivity contribution is 0.101. The monoisotopic (exact) mass is 788 g/mol. The Balaban J connectivity index is 0.000000214. The third-order valence-electron chi connectivity index (χ3n) is 8.87. The topological polar surface area (TPSA) is 182 Å². The third kappa shape index (κ3) is 10.2. The largest absolute Gasteiger partial charge is 0.497 e. The molecule has 0 saturated carbocycles. The highest BCUT2D eigenvalue weighted by Gasteiger charge is 2.19. The van der Waals surface area contributed by atoms with E-state index in [1.807, 2.05) is 45.6 Å². The highest BCUT2D eigenvalue weighted by molar-refractivity contribution is 6.06. The Morgan fingerprint density at radius 1 is 0.638 bits per heavy atom. The number of nitrogens with zero attached hydrogens (tertiary/aromatic N) is 8. The highest BCUT2D eigenvalue weighted by Crippen LogP contribution is 2.28. The molecule has 0 aliphatic carbocycles. The second-order valence-electron chi connectivity index (χ2n) is 12.6. The van der Waals surface area contributed by atoms with Crippen molar-refractivity contribution in [1.29, 1.82) is 0 Å². The van der Waals surface area contributed by atoms with Gasteiger partial charge in [0, 0.05) is 13.1 Å². The molecule has 6 heterocycles. The Bertz CT molecular complexity index is 2340. The first-order valence-corrected chi connectivity index (χ1v) is 18.1. The summed E-state index contributed by atoms with van der Waals surface area (Å²) in [6.07, 6.45) is 11.0. The van der Waals surface area contributed by atoms with Crippen molar-refractivity contribution >= 4 is 23.5 Å². The summed E-state index contributed by atoms with van der Waals surface area (Å²) >= 11 is 0. The number of hydrogen-bond donors (Lipinski definition) is 2. The molecule has 2 aromatic carbocycles. The zero-order valence-electron chi connectivity index (χ0n) is 30.9. The van der Waals surface area contributed by atoms with E-state index in [1.165, 1.54) is 0 Å². The van der Waals surface area contributed by atoms with E-state index in [0.29, 0.717) is 88.6 Å². The molecule has 2 N–H and O–H groups in total. The van der Waals surface area contributed by atoms with Crippen molar-refractivity contribution in [3.05, 3.63) is 109 Å². The second-order valence-corrected chi connectivity index (χ2v) is 12.6. The molecule has 2 aliphatic heterocycles. The number of pyridine rings is 2. The van der Waals surface area contributed by atoms with Crippen molar-refractivity contribution in [3.63, 3.8) is 0 Å². The summed E-state index contributed by atoms with van der Waals surface area (Å²) in [6, 6.07) is 21.1. The zero-order chi connectivity index (χ0) is 38.7. The second kappa shape index (κ2) is 20.2. The SMILES string of the molecule is C.C.COc1ccc2c(c1)C(=O)Nc1cccc(n1)-c1nncn1CC/C=C/CO2.COc1ccc2c(c1)C(=O)Nc1cccc(n1)-c1nncn1CCCCCO2. The van der Waals surface area contributed by atoms with Crippen molar-refractivity contribution in [1.82, 2.24) is 39.5 Å². The van der Waals surface area contributed by atoms with Crippen LogP contribution in [0, 0.1) is 0 Å². The van der Waals surface area contributed by atoms with E-state index in [-0.39, 0.29) is 26.7 Å². The molecular weight excluding hydrogens is 741 g/mol. The number of carbonyl (C=O) groups excluding carboxylic acids is 2. The number of anilines is 2. The number of carbonyl (C=O) groups is 2. The minimum absolute atomic E-state index is 0.